The highest BCUT2D eigenvalue weighted by molar-refractivity contribution is 14.0. The Bertz CT molecular complexity index is 482. The highest BCUT2D eigenvalue weighted by Crippen LogP contribution is 2.30. The molecule has 0 radical (unpaired) electrons. The molecule has 0 aliphatic rings. The largest absolute Gasteiger partial charge is 0.434 e. The predicted molar refractivity (Wildman–Crippen MR) is 96.7 cm³/mol. The number of methoxy groups -OCH3 is 1. The topological polar surface area (TPSA) is 58.5 Å². The quantitative estimate of drug-likeness (QED) is 0.369. The van der Waals surface area contributed by atoms with Gasteiger partial charge in [0, 0.05) is 38.0 Å². The van der Waals surface area contributed by atoms with Crippen LogP contribution >= 0.6 is 35.3 Å². The van der Waals surface area contributed by atoms with Crippen LogP contribution < -0.4 is 10.6 Å². The lowest BCUT2D eigenvalue weighted by Crippen LogP contribution is -2.44. The molecule has 1 atom stereocenters. The van der Waals surface area contributed by atoms with Gasteiger partial charge in [-0.25, -0.2) is 4.98 Å². The third-order valence-corrected chi connectivity index (χ3v) is 3.49. The van der Waals surface area contributed by atoms with Crippen LogP contribution in [0.25, 0.3) is 0 Å². The molecule has 2 N–H and O–H groups in total. The smallest absolute Gasteiger partial charge is 0.383 e. The summed E-state index contributed by atoms with van der Waals surface area (Å²) in [7, 11) is 1.61. The van der Waals surface area contributed by atoms with Crippen molar-refractivity contribution in [2.24, 2.45) is 4.99 Å². The van der Waals surface area contributed by atoms with Crippen LogP contribution in [0.3, 0.4) is 0 Å². The second-order valence-corrected chi connectivity index (χ2v) is 5.58. The van der Waals surface area contributed by atoms with Gasteiger partial charge in [0.2, 0.25) is 0 Å². The van der Waals surface area contributed by atoms with E-state index < -0.39 is 11.9 Å². The van der Waals surface area contributed by atoms with Crippen molar-refractivity contribution >= 4 is 41.3 Å². The maximum absolute atomic E-state index is 12.5. The van der Waals surface area contributed by atoms with Gasteiger partial charge in [0.1, 0.15) is 0 Å². The van der Waals surface area contributed by atoms with Gasteiger partial charge in [0.05, 0.1) is 11.6 Å². The number of guanidine groups is 1. The maximum atomic E-state index is 12.5. The summed E-state index contributed by atoms with van der Waals surface area (Å²) in [4.78, 5) is 7.90. The minimum atomic E-state index is -4.38. The van der Waals surface area contributed by atoms with Gasteiger partial charge in [-0.2, -0.15) is 13.2 Å². The van der Waals surface area contributed by atoms with Crippen LogP contribution in [0.15, 0.2) is 10.4 Å². The number of alkyl halides is 3. The highest BCUT2D eigenvalue weighted by Gasteiger charge is 2.33. The number of nitrogens with zero attached hydrogens (tertiary/aromatic N) is 2. The van der Waals surface area contributed by atoms with Crippen LogP contribution in [0.2, 0.25) is 0 Å². The number of hydrogen-bond donors (Lipinski definition) is 2. The van der Waals surface area contributed by atoms with Crippen molar-refractivity contribution in [2.45, 2.75) is 32.5 Å². The van der Waals surface area contributed by atoms with E-state index in [0.29, 0.717) is 37.1 Å². The predicted octanol–water partition coefficient (Wildman–Crippen LogP) is 2.91. The van der Waals surface area contributed by atoms with E-state index in [1.54, 1.807) is 7.11 Å². The Kier molecular flexibility index (Phi) is 10.7. The van der Waals surface area contributed by atoms with Crippen LogP contribution in [0, 0.1) is 0 Å². The fraction of sp³-hybridized carbons (Fsp3) is 0.692. The number of halogens is 4. The zero-order valence-corrected chi connectivity index (χ0v) is 16.4. The molecule has 0 spiro atoms. The molecule has 0 saturated carbocycles. The summed E-state index contributed by atoms with van der Waals surface area (Å²) >= 11 is 1.00. The van der Waals surface area contributed by atoms with Gasteiger partial charge in [-0.05, 0) is 13.8 Å². The van der Waals surface area contributed by atoms with Gasteiger partial charge >= 0.3 is 6.18 Å². The Morgan fingerprint density at radius 2 is 2.17 bits per heavy atom. The summed E-state index contributed by atoms with van der Waals surface area (Å²) in [5.74, 6) is 0.611. The van der Waals surface area contributed by atoms with E-state index >= 15 is 0 Å². The average Bonchev–Trinajstić information content (AvgIpc) is 2.88. The van der Waals surface area contributed by atoms with Crippen molar-refractivity contribution in [3.05, 3.63) is 16.1 Å². The molecule has 1 unspecified atom stereocenters. The van der Waals surface area contributed by atoms with Gasteiger partial charge in [0.15, 0.2) is 11.7 Å². The van der Waals surface area contributed by atoms with Gasteiger partial charge in [-0.1, -0.05) is 0 Å². The zero-order chi connectivity index (χ0) is 16.6. The van der Waals surface area contributed by atoms with Crippen LogP contribution in [0.4, 0.5) is 13.2 Å². The van der Waals surface area contributed by atoms with E-state index in [2.05, 4.69) is 20.6 Å². The number of ether oxygens (including phenoxy) is 1. The molecule has 1 rings (SSSR count). The third kappa shape index (κ3) is 8.70. The van der Waals surface area contributed by atoms with E-state index in [0.717, 1.165) is 16.7 Å². The number of hydrogen-bond acceptors (Lipinski definition) is 4. The molecule has 1 aromatic heterocycles. The molecule has 0 aliphatic carbocycles. The van der Waals surface area contributed by atoms with E-state index in [-0.39, 0.29) is 30.0 Å². The average molecular weight is 466 g/mol. The molecular formula is C13H22F3IN4OS. The number of rotatable bonds is 7. The zero-order valence-electron chi connectivity index (χ0n) is 13.2. The summed E-state index contributed by atoms with van der Waals surface area (Å²) in [5, 5.41) is 7.68. The van der Waals surface area contributed by atoms with Crippen LogP contribution in [0.5, 0.6) is 0 Å². The van der Waals surface area contributed by atoms with Crippen molar-refractivity contribution in [1.82, 2.24) is 15.6 Å². The van der Waals surface area contributed by atoms with Gasteiger partial charge in [-0.15, -0.1) is 35.3 Å². The number of aliphatic imine (C=N–C) groups is 1. The highest BCUT2D eigenvalue weighted by atomic mass is 127. The van der Waals surface area contributed by atoms with Gasteiger partial charge < -0.3 is 15.4 Å². The first-order valence-corrected chi connectivity index (χ1v) is 7.80. The van der Waals surface area contributed by atoms with E-state index in [9.17, 15) is 13.2 Å². The van der Waals surface area contributed by atoms with E-state index in [4.69, 9.17) is 4.74 Å². The Morgan fingerprint density at radius 1 is 1.48 bits per heavy atom. The molecule has 0 fully saturated rings. The lowest BCUT2D eigenvalue weighted by molar-refractivity contribution is -0.140. The van der Waals surface area contributed by atoms with Crippen LogP contribution in [-0.2, 0) is 17.3 Å². The molecule has 0 amide bonds. The minimum absolute atomic E-state index is 0. The fourth-order valence-electron chi connectivity index (χ4n) is 1.66. The molecule has 0 aliphatic heterocycles. The molecule has 134 valence electrons. The first kappa shape index (κ1) is 22.4. The standard InChI is InChI=1S/C13H21F3N4OS.HI/c1-4-17-12(19-9(2)7-21-3)18-6-5-11-20-10(8-22-11)13(14,15)16;/h8-9H,4-7H2,1-3H3,(H2,17,18,19);1H. The summed E-state index contributed by atoms with van der Waals surface area (Å²) in [6, 6.07) is 0.0829. The monoisotopic (exact) mass is 466 g/mol. The molecule has 23 heavy (non-hydrogen) atoms. The number of thiazole rings is 1. The molecule has 5 nitrogen and oxygen atoms in total. The van der Waals surface area contributed by atoms with Crippen molar-refractivity contribution in [3.8, 4) is 0 Å². The lowest BCUT2D eigenvalue weighted by atomic mass is 10.4. The molecule has 10 heteroatoms. The summed E-state index contributed by atoms with van der Waals surface area (Å²) in [6.45, 7) is 5.48. The van der Waals surface area contributed by atoms with Crippen molar-refractivity contribution in [3.63, 3.8) is 0 Å². The summed E-state index contributed by atoms with van der Waals surface area (Å²) < 4.78 is 42.4. The fourth-order valence-corrected chi connectivity index (χ4v) is 2.46. The first-order chi connectivity index (χ1) is 10.4. The minimum Gasteiger partial charge on any atom is -0.383 e. The van der Waals surface area contributed by atoms with E-state index in [1.807, 2.05) is 13.8 Å². The molecule has 1 aromatic rings. The Labute approximate surface area is 155 Å². The first-order valence-electron chi connectivity index (χ1n) is 6.92. The second-order valence-electron chi connectivity index (χ2n) is 4.64. The Morgan fingerprint density at radius 3 is 2.70 bits per heavy atom. The van der Waals surface area contributed by atoms with Crippen molar-refractivity contribution in [2.75, 3.05) is 26.8 Å². The lowest BCUT2D eigenvalue weighted by Gasteiger charge is -2.16. The number of aromatic nitrogens is 1. The Hall–Kier alpha value is -0.620. The molecule has 1 heterocycles. The molecule has 0 aromatic carbocycles. The van der Waals surface area contributed by atoms with Gasteiger partial charge in [0.25, 0.3) is 0 Å². The molecule has 0 bridgehead atoms. The van der Waals surface area contributed by atoms with Crippen LogP contribution in [0.1, 0.15) is 24.5 Å². The normalized spacial score (nSPS) is 13.4. The molecule has 0 saturated heterocycles. The maximum Gasteiger partial charge on any atom is 0.434 e. The second kappa shape index (κ2) is 11.0. The number of nitrogens with one attached hydrogen (secondary N) is 2. The summed E-state index contributed by atoms with van der Waals surface area (Å²) in [5.41, 5.74) is -0.838. The van der Waals surface area contributed by atoms with E-state index in [1.165, 1.54) is 0 Å². The van der Waals surface area contributed by atoms with Crippen LogP contribution in [-0.4, -0.2) is 43.8 Å². The summed E-state index contributed by atoms with van der Waals surface area (Å²) in [6.07, 6.45) is -4.01. The molecular weight excluding hydrogens is 444 g/mol. The third-order valence-electron chi connectivity index (χ3n) is 2.58. The van der Waals surface area contributed by atoms with Crippen molar-refractivity contribution in [1.29, 1.82) is 0 Å². The van der Waals surface area contributed by atoms with Gasteiger partial charge in [-0.3, -0.25) is 4.99 Å². The van der Waals surface area contributed by atoms with Crippen molar-refractivity contribution < 1.29 is 17.9 Å². The Balaban J connectivity index is 0.00000484. The SMILES string of the molecule is CCNC(=NCCc1nc(C(F)(F)F)cs1)NC(C)COC.I.